The van der Waals surface area contributed by atoms with E-state index < -0.39 is 23.9 Å². The van der Waals surface area contributed by atoms with Crippen LogP contribution < -0.4 is 0 Å². The minimum atomic E-state index is -0.550. The number of phenolic OH excluding ortho intramolecular Hbond substituents is 2. The van der Waals surface area contributed by atoms with Crippen molar-refractivity contribution in [2.75, 3.05) is 0 Å². The second-order valence-electron chi connectivity index (χ2n) is 5.96. The summed E-state index contributed by atoms with van der Waals surface area (Å²) in [5.41, 5.74) is 1.44. The fourth-order valence-electron chi connectivity index (χ4n) is 2.56. The number of ether oxygens (including phenoxy) is 2. The molecule has 0 aliphatic carbocycles. The van der Waals surface area contributed by atoms with E-state index in [0.29, 0.717) is 22.3 Å². The van der Waals surface area contributed by atoms with Crippen LogP contribution in [0.5, 0.6) is 11.5 Å². The molecule has 0 saturated carbocycles. The summed E-state index contributed by atoms with van der Waals surface area (Å²) in [5, 5.41) is 17.3. The van der Waals surface area contributed by atoms with Gasteiger partial charge in [0.2, 0.25) is 0 Å². The molecule has 0 aromatic heterocycles. The topological polar surface area (TPSA) is 127 Å². The summed E-state index contributed by atoms with van der Waals surface area (Å²) in [6.45, 7) is 0. The zero-order valence-corrected chi connectivity index (χ0v) is 15.3. The summed E-state index contributed by atoms with van der Waals surface area (Å²) < 4.78 is 8.71. The van der Waals surface area contributed by atoms with Crippen LogP contribution >= 0.6 is 0 Å². The lowest BCUT2D eigenvalue weighted by molar-refractivity contribution is 0.0425. The Kier molecular flexibility index (Phi) is 5.88. The first kappa shape index (κ1) is 20.3. The van der Waals surface area contributed by atoms with Crippen LogP contribution in [0.15, 0.2) is 72.8 Å². The third kappa shape index (κ3) is 4.50. The Hall–Kier alpha value is -4.46. The monoisotopic (exact) mass is 406 g/mol. The van der Waals surface area contributed by atoms with Gasteiger partial charge in [-0.25, -0.2) is 19.2 Å². The van der Waals surface area contributed by atoms with Gasteiger partial charge in [0, 0.05) is 6.07 Å². The number of benzene rings is 3. The van der Waals surface area contributed by atoms with Crippen LogP contribution in [0.1, 0.15) is 41.4 Å². The van der Waals surface area contributed by atoms with Crippen LogP contribution in [0, 0.1) is 0 Å². The van der Waals surface area contributed by atoms with Crippen molar-refractivity contribution in [3.05, 3.63) is 95.1 Å². The lowest BCUT2D eigenvalue weighted by atomic mass is 10.1. The van der Waals surface area contributed by atoms with Crippen molar-refractivity contribution in [3.63, 3.8) is 0 Å². The average Bonchev–Trinajstić information content (AvgIpc) is 3.19. The van der Waals surface area contributed by atoms with Crippen molar-refractivity contribution in [2.24, 2.45) is 0 Å². The normalized spacial score (nSPS) is 13.1. The highest BCUT2D eigenvalue weighted by Crippen LogP contribution is 2.19. The fourth-order valence-corrected chi connectivity index (χ4v) is 2.56. The van der Waals surface area contributed by atoms with Gasteiger partial charge < -0.3 is 19.7 Å². The summed E-state index contributed by atoms with van der Waals surface area (Å²) in [4.78, 5) is 43.3. The molecule has 0 amide bonds. The maximum absolute atomic E-state index is 10.8. The zero-order chi connectivity index (χ0) is 21.7. The molecular weight excluding hydrogens is 392 g/mol. The first-order valence-electron chi connectivity index (χ1n) is 8.56. The third-order valence-electron chi connectivity index (χ3n) is 3.93. The van der Waals surface area contributed by atoms with Gasteiger partial charge in [0.1, 0.15) is 11.5 Å². The molecule has 8 nitrogen and oxygen atoms in total. The van der Waals surface area contributed by atoms with E-state index in [1.165, 1.54) is 18.2 Å². The molecule has 0 radical (unpaired) electrons. The molecule has 3 aromatic carbocycles. The van der Waals surface area contributed by atoms with Crippen molar-refractivity contribution in [1.82, 2.24) is 0 Å². The predicted molar refractivity (Wildman–Crippen MR) is 102 cm³/mol. The molecule has 0 fully saturated rings. The molecule has 0 bridgehead atoms. The summed E-state index contributed by atoms with van der Waals surface area (Å²) in [7, 11) is 0. The Bertz CT molecular complexity index is 996. The fraction of sp³-hybridized carbons (Fsp3) is 0. The minimum absolute atomic E-state index is 0.0880. The molecule has 150 valence electrons. The molecule has 0 unspecified atom stereocenters. The number of hydrogen-bond acceptors (Lipinski definition) is 8. The van der Waals surface area contributed by atoms with Crippen LogP contribution in [0.2, 0.25) is 0 Å². The first-order valence-corrected chi connectivity index (χ1v) is 8.56. The van der Waals surface area contributed by atoms with Crippen LogP contribution in [-0.2, 0) is 9.47 Å². The second kappa shape index (κ2) is 8.70. The smallest absolute Gasteiger partial charge is 0.346 e. The molecule has 5 rings (SSSR count). The van der Waals surface area contributed by atoms with Crippen molar-refractivity contribution < 1.29 is 38.9 Å². The highest BCUT2D eigenvalue weighted by molar-refractivity contribution is 6.15. The molecule has 2 heterocycles. The number of aromatic hydroxyl groups is 2. The summed E-state index contributed by atoms with van der Waals surface area (Å²) in [5.74, 6) is -2.03. The van der Waals surface area contributed by atoms with E-state index in [-0.39, 0.29) is 11.5 Å². The molecule has 0 saturated heterocycles. The summed E-state index contributed by atoms with van der Waals surface area (Å²) in [6, 6.07) is 18.9. The molecule has 2 aliphatic rings. The molecular formula is C22H14O8. The molecule has 3 aromatic rings. The van der Waals surface area contributed by atoms with Crippen LogP contribution in [-0.4, -0.2) is 34.1 Å². The summed E-state index contributed by atoms with van der Waals surface area (Å²) >= 11 is 0. The molecule has 30 heavy (non-hydrogen) atoms. The van der Waals surface area contributed by atoms with Crippen molar-refractivity contribution in [1.29, 1.82) is 0 Å². The number of carbonyl (C=O) groups is 4. The highest BCUT2D eigenvalue weighted by atomic mass is 16.6. The predicted octanol–water partition coefficient (Wildman–Crippen LogP) is 3.09. The third-order valence-corrected chi connectivity index (χ3v) is 3.93. The van der Waals surface area contributed by atoms with Gasteiger partial charge in [-0.15, -0.1) is 0 Å². The van der Waals surface area contributed by atoms with Gasteiger partial charge in [-0.1, -0.05) is 30.3 Å². The van der Waals surface area contributed by atoms with Gasteiger partial charge in [0.05, 0.1) is 22.3 Å². The number of fused-ring (bicyclic) bond motifs is 2. The maximum atomic E-state index is 10.8. The van der Waals surface area contributed by atoms with E-state index in [9.17, 15) is 19.2 Å². The minimum Gasteiger partial charge on any atom is -0.508 e. The lowest BCUT2D eigenvalue weighted by Gasteiger charge is -1.89. The van der Waals surface area contributed by atoms with Gasteiger partial charge in [-0.3, -0.25) is 0 Å². The molecule has 2 aliphatic heterocycles. The van der Waals surface area contributed by atoms with Crippen LogP contribution in [0.25, 0.3) is 0 Å². The number of rotatable bonds is 0. The lowest BCUT2D eigenvalue weighted by Crippen LogP contribution is -1.96. The number of hydrogen-bond donors (Lipinski definition) is 2. The molecule has 2 N–H and O–H groups in total. The molecule has 0 spiro atoms. The van der Waals surface area contributed by atoms with E-state index in [2.05, 4.69) is 9.47 Å². The molecule has 0 atom stereocenters. The van der Waals surface area contributed by atoms with Crippen molar-refractivity contribution in [3.8, 4) is 11.5 Å². The van der Waals surface area contributed by atoms with E-state index in [4.69, 9.17) is 10.2 Å². The Morgan fingerprint density at radius 3 is 1.00 bits per heavy atom. The Labute approximate surface area is 169 Å². The summed E-state index contributed by atoms with van der Waals surface area (Å²) in [6.07, 6.45) is 0. The zero-order valence-electron chi connectivity index (χ0n) is 15.3. The SMILES string of the molecule is O=C1OC(=O)c2ccccc21.O=C1OC(=O)c2ccccc21.Oc1cccc(O)c1. The van der Waals surface area contributed by atoms with Gasteiger partial charge in [0.25, 0.3) is 0 Å². The van der Waals surface area contributed by atoms with Gasteiger partial charge in [0.15, 0.2) is 0 Å². The first-order chi connectivity index (χ1) is 14.4. The standard InChI is InChI=1S/2C8H4O3.C6H6O2/c2*9-7-5-3-1-2-4-6(5)8(10)11-7;7-5-2-1-3-6(8)4-5/h2*1-4H;1-4,7-8H. The Morgan fingerprint density at radius 2 is 0.767 bits per heavy atom. The number of cyclic esters (lactones) is 4. The van der Waals surface area contributed by atoms with Crippen molar-refractivity contribution >= 4 is 23.9 Å². The largest absolute Gasteiger partial charge is 0.508 e. The van der Waals surface area contributed by atoms with Crippen molar-refractivity contribution in [2.45, 2.75) is 0 Å². The highest BCUT2D eigenvalue weighted by Gasteiger charge is 2.29. The van der Waals surface area contributed by atoms with Crippen LogP contribution in [0.4, 0.5) is 0 Å². The van der Waals surface area contributed by atoms with E-state index in [0.717, 1.165) is 0 Å². The van der Waals surface area contributed by atoms with Gasteiger partial charge in [-0.05, 0) is 36.4 Å². The van der Waals surface area contributed by atoms with Gasteiger partial charge in [-0.2, -0.15) is 0 Å². The quantitative estimate of drug-likeness (QED) is 0.431. The van der Waals surface area contributed by atoms with Gasteiger partial charge >= 0.3 is 23.9 Å². The number of esters is 4. The second-order valence-corrected chi connectivity index (χ2v) is 5.96. The number of phenols is 2. The van der Waals surface area contributed by atoms with E-state index in [1.54, 1.807) is 54.6 Å². The van der Waals surface area contributed by atoms with E-state index in [1.807, 2.05) is 0 Å². The van der Waals surface area contributed by atoms with Crippen LogP contribution in [0.3, 0.4) is 0 Å². The average molecular weight is 406 g/mol. The van der Waals surface area contributed by atoms with E-state index >= 15 is 0 Å². The number of carbonyl (C=O) groups excluding carboxylic acids is 4. The Morgan fingerprint density at radius 1 is 0.467 bits per heavy atom. The Balaban J connectivity index is 0.000000130. The molecule has 8 heteroatoms. The maximum Gasteiger partial charge on any atom is 0.346 e.